The molecule has 2 saturated heterocycles. The minimum Gasteiger partial charge on any atom is -0.388 e. The van der Waals surface area contributed by atoms with E-state index in [9.17, 15) is 18.6 Å². The monoisotopic (exact) mass is 565 g/mol. The first-order valence-corrected chi connectivity index (χ1v) is 15.3. The molecule has 0 saturated carbocycles. The molecule has 7 nitrogen and oxygen atoms in total. The molecule has 0 aromatic heterocycles. The summed E-state index contributed by atoms with van der Waals surface area (Å²) in [7, 11) is -4.13. The zero-order valence-corrected chi connectivity index (χ0v) is 24.2. The minimum atomic E-state index is -4.13. The van der Waals surface area contributed by atoms with Gasteiger partial charge in [0.15, 0.2) is 0 Å². The third kappa shape index (κ3) is 5.75. The van der Waals surface area contributed by atoms with Crippen LogP contribution < -0.4 is 0 Å². The Kier molecular flexibility index (Phi) is 7.96. The van der Waals surface area contributed by atoms with Crippen LogP contribution in [0.3, 0.4) is 0 Å². The van der Waals surface area contributed by atoms with Crippen molar-refractivity contribution in [1.82, 2.24) is 4.90 Å². The number of piperidine rings is 1. The average Bonchev–Trinajstić information content (AvgIpc) is 2.92. The van der Waals surface area contributed by atoms with Gasteiger partial charge in [-0.1, -0.05) is 106 Å². The first-order chi connectivity index (χ1) is 18.9. The number of likely N-dealkylation sites (tertiary alicyclic amines) is 1. The Balaban J connectivity index is 1.31. The van der Waals surface area contributed by atoms with E-state index in [-0.39, 0.29) is 12.0 Å². The average molecular weight is 566 g/mol. The van der Waals surface area contributed by atoms with Crippen LogP contribution in [0.4, 0.5) is 0 Å². The topological polar surface area (TPSA) is 96.3 Å². The van der Waals surface area contributed by atoms with Crippen LogP contribution in [0.25, 0.3) is 0 Å². The number of hydrogen-bond donors (Lipinski definition) is 2. The van der Waals surface area contributed by atoms with Gasteiger partial charge in [0.05, 0.1) is 18.6 Å². The van der Waals surface area contributed by atoms with Crippen LogP contribution in [-0.2, 0) is 29.8 Å². The highest BCUT2D eigenvalue weighted by Gasteiger charge is 2.65. The second kappa shape index (κ2) is 11.0. The molecular weight excluding hydrogens is 526 g/mol. The van der Waals surface area contributed by atoms with Crippen LogP contribution >= 0.6 is 0 Å². The third-order valence-corrected chi connectivity index (χ3v) is 9.21. The maximum absolute atomic E-state index is 12.4. The van der Waals surface area contributed by atoms with Gasteiger partial charge in [-0.25, -0.2) is 8.37 Å². The highest BCUT2D eigenvalue weighted by atomic mass is 32.3. The summed E-state index contributed by atoms with van der Waals surface area (Å²) in [6, 6.07) is 26.6. The van der Waals surface area contributed by atoms with Gasteiger partial charge >= 0.3 is 10.4 Å². The van der Waals surface area contributed by atoms with Gasteiger partial charge in [-0.15, -0.1) is 0 Å². The summed E-state index contributed by atoms with van der Waals surface area (Å²) in [5.41, 5.74) is 1.93. The van der Waals surface area contributed by atoms with Crippen molar-refractivity contribution in [3.8, 4) is 0 Å². The smallest absolute Gasteiger partial charge is 0.388 e. The van der Waals surface area contributed by atoms with Crippen LogP contribution in [0.2, 0.25) is 0 Å². The summed E-state index contributed by atoms with van der Waals surface area (Å²) in [5.74, 6) is -2.18. The van der Waals surface area contributed by atoms with Gasteiger partial charge in [-0.05, 0) is 60.0 Å². The van der Waals surface area contributed by atoms with Gasteiger partial charge in [-0.2, -0.15) is 8.42 Å². The van der Waals surface area contributed by atoms with Crippen LogP contribution in [-0.4, -0.2) is 49.0 Å². The van der Waals surface area contributed by atoms with Crippen LogP contribution in [0.1, 0.15) is 68.4 Å². The zero-order chi connectivity index (χ0) is 28.6. The van der Waals surface area contributed by atoms with Gasteiger partial charge in [-0.3, -0.25) is 4.90 Å². The zero-order valence-electron chi connectivity index (χ0n) is 23.4. The van der Waals surface area contributed by atoms with Crippen molar-refractivity contribution in [2.75, 3.05) is 19.6 Å². The molecule has 3 aromatic rings. The van der Waals surface area contributed by atoms with Gasteiger partial charge in [0.2, 0.25) is 5.79 Å². The Hall–Kier alpha value is -2.59. The van der Waals surface area contributed by atoms with Crippen molar-refractivity contribution < 1.29 is 27.0 Å². The molecule has 2 heterocycles. The Labute approximate surface area is 237 Å². The van der Waals surface area contributed by atoms with E-state index in [2.05, 4.69) is 37.8 Å². The number of aliphatic hydroxyl groups is 2. The molecule has 0 aliphatic carbocycles. The number of aliphatic hydroxyl groups excluding tert-OH is 1. The van der Waals surface area contributed by atoms with Crippen molar-refractivity contribution in [1.29, 1.82) is 0 Å². The van der Waals surface area contributed by atoms with E-state index < -0.39 is 33.8 Å². The highest BCUT2D eigenvalue weighted by Crippen LogP contribution is 2.52. The number of nitrogens with zero attached hydrogens (tertiary/aromatic N) is 1. The van der Waals surface area contributed by atoms with E-state index in [0.717, 1.165) is 5.56 Å². The second-order valence-electron chi connectivity index (χ2n) is 12.0. The molecule has 2 atom stereocenters. The largest absolute Gasteiger partial charge is 0.405 e. The Morgan fingerprint density at radius 1 is 0.900 bits per heavy atom. The van der Waals surface area contributed by atoms with Crippen molar-refractivity contribution in [3.05, 3.63) is 107 Å². The molecule has 2 unspecified atom stereocenters. The number of rotatable bonds is 8. The summed E-state index contributed by atoms with van der Waals surface area (Å²) >= 11 is 0. The lowest BCUT2D eigenvalue weighted by Crippen LogP contribution is -2.69. The summed E-state index contributed by atoms with van der Waals surface area (Å²) in [6.45, 7) is 7.93. The molecule has 3 aromatic carbocycles. The number of hydrogen-bond acceptors (Lipinski definition) is 7. The van der Waals surface area contributed by atoms with E-state index in [0.29, 0.717) is 43.5 Å². The molecule has 1 spiro atoms. The lowest BCUT2D eigenvalue weighted by Gasteiger charge is -2.55. The first kappa shape index (κ1) is 28.9. The Morgan fingerprint density at radius 3 is 1.95 bits per heavy atom. The Bertz CT molecular complexity index is 1340. The van der Waals surface area contributed by atoms with Crippen molar-refractivity contribution >= 4 is 10.4 Å². The van der Waals surface area contributed by atoms with Gasteiger partial charge in [0.25, 0.3) is 0 Å². The van der Waals surface area contributed by atoms with Crippen molar-refractivity contribution in [2.24, 2.45) is 5.92 Å². The fraction of sp³-hybridized carbons (Fsp3) is 0.438. The number of benzene rings is 3. The molecular formula is C32H39NO6S. The van der Waals surface area contributed by atoms with Crippen LogP contribution in [0.15, 0.2) is 84.9 Å². The van der Waals surface area contributed by atoms with Crippen molar-refractivity contribution in [3.63, 3.8) is 0 Å². The molecule has 2 N–H and O–H groups in total. The van der Waals surface area contributed by atoms with E-state index in [1.54, 1.807) is 0 Å². The molecule has 0 amide bonds. The highest BCUT2D eigenvalue weighted by molar-refractivity contribution is 7.82. The predicted octanol–water partition coefficient (Wildman–Crippen LogP) is 5.04. The van der Waals surface area contributed by atoms with E-state index in [1.807, 2.05) is 72.8 Å². The van der Waals surface area contributed by atoms with E-state index in [1.165, 1.54) is 5.56 Å². The third-order valence-electron chi connectivity index (χ3n) is 8.24. The van der Waals surface area contributed by atoms with Crippen LogP contribution in [0, 0.1) is 5.92 Å². The summed E-state index contributed by atoms with van der Waals surface area (Å²) in [4.78, 5) is 2.09. The van der Waals surface area contributed by atoms with E-state index in [4.69, 9.17) is 8.37 Å². The molecule has 8 heteroatoms. The van der Waals surface area contributed by atoms with Gasteiger partial charge < -0.3 is 10.2 Å². The fourth-order valence-corrected chi connectivity index (χ4v) is 7.15. The molecule has 2 aliphatic rings. The molecule has 0 bridgehead atoms. The normalized spacial score (nSPS) is 21.6. The molecule has 5 rings (SSSR count). The molecule has 0 radical (unpaired) electrons. The lowest BCUT2D eigenvalue weighted by molar-refractivity contribution is -0.278. The summed E-state index contributed by atoms with van der Waals surface area (Å²) in [6.07, 6.45) is 1.14. The molecule has 40 heavy (non-hydrogen) atoms. The van der Waals surface area contributed by atoms with Gasteiger partial charge in [0, 0.05) is 0 Å². The summed E-state index contributed by atoms with van der Waals surface area (Å²) < 4.78 is 35.4. The predicted molar refractivity (Wildman–Crippen MR) is 154 cm³/mol. The van der Waals surface area contributed by atoms with E-state index >= 15 is 0 Å². The van der Waals surface area contributed by atoms with Crippen LogP contribution in [0.5, 0.6) is 0 Å². The maximum atomic E-state index is 12.4. The lowest BCUT2D eigenvalue weighted by atomic mass is 9.69. The summed E-state index contributed by atoms with van der Waals surface area (Å²) in [5, 5.41) is 23.2. The maximum Gasteiger partial charge on any atom is 0.405 e. The first-order valence-electron chi connectivity index (χ1n) is 13.9. The SMILES string of the molecule is CC(C)(C)c1ccc(C(O)CCCN2CCC(C(O)(c3ccccc3)c3ccccc3)C3(C2)OS(=O)(=O)O3)cc1. The standard InChI is InChI=1S/C32H39NO6S/c1-30(2,3)25-18-16-24(17-19-25)28(34)15-10-21-33-22-20-29(31(23-33)38-40(36,37)39-31)32(35,26-11-6-4-7-12-26)27-13-8-5-9-14-27/h4-9,11-14,16-19,28-29,34-35H,10,15,20-23H2,1-3H3. The molecule has 214 valence electrons. The minimum absolute atomic E-state index is 0.0535. The molecule has 2 aliphatic heterocycles. The quantitative estimate of drug-likeness (QED) is 0.395. The fourth-order valence-electron chi connectivity index (χ4n) is 6.10. The second-order valence-corrected chi connectivity index (χ2v) is 13.2. The molecule has 2 fully saturated rings. The Morgan fingerprint density at radius 2 is 1.45 bits per heavy atom. The van der Waals surface area contributed by atoms with Gasteiger partial charge in [0.1, 0.15) is 5.60 Å². The van der Waals surface area contributed by atoms with Crippen molar-refractivity contribution in [2.45, 2.75) is 62.9 Å².